The van der Waals surface area contributed by atoms with Gasteiger partial charge >= 0.3 is 11.9 Å². The average Bonchev–Trinajstić information content (AvgIpc) is 2.75. The summed E-state index contributed by atoms with van der Waals surface area (Å²) in [5.41, 5.74) is 1.21. The second kappa shape index (κ2) is 10.5. The van der Waals surface area contributed by atoms with Gasteiger partial charge in [-0.1, -0.05) is 6.07 Å². The number of nitrogens with one attached hydrogen (secondary N) is 2. The van der Waals surface area contributed by atoms with Crippen LogP contribution >= 0.6 is 0 Å². The lowest BCUT2D eigenvalue weighted by atomic mass is 9.78. The molecule has 2 N–H and O–H groups in total. The molecule has 3 fully saturated rings. The molecule has 3 aliphatic rings. The molecule has 38 heavy (non-hydrogen) atoms. The van der Waals surface area contributed by atoms with Crippen LogP contribution in [-0.4, -0.2) is 51.3 Å². The molecular formula is C31H49N3O4. The van der Waals surface area contributed by atoms with Crippen LogP contribution in [0.25, 0.3) is 0 Å². The summed E-state index contributed by atoms with van der Waals surface area (Å²) in [6, 6.07) is 3.79. The Morgan fingerprint density at radius 3 is 1.66 bits per heavy atom. The normalized spacial score (nSPS) is 28.8. The molecule has 7 nitrogen and oxygen atoms in total. The lowest BCUT2D eigenvalue weighted by Crippen LogP contribution is -2.59. The highest BCUT2D eigenvalue weighted by Gasteiger charge is 2.41. The molecule has 4 rings (SSSR count). The summed E-state index contributed by atoms with van der Waals surface area (Å²) >= 11 is 0. The second-order valence-electron chi connectivity index (χ2n) is 14.7. The van der Waals surface area contributed by atoms with Gasteiger partial charge < -0.3 is 20.1 Å². The summed E-state index contributed by atoms with van der Waals surface area (Å²) in [6.45, 7) is 17.3. The molecular weight excluding hydrogens is 478 g/mol. The van der Waals surface area contributed by atoms with Crippen LogP contribution in [0.5, 0.6) is 0 Å². The van der Waals surface area contributed by atoms with E-state index in [9.17, 15) is 9.59 Å². The number of pyridine rings is 1. The van der Waals surface area contributed by atoms with Gasteiger partial charge in [-0.25, -0.2) is 9.78 Å². The van der Waals surface area contributed by atoms with E-state index in [1.165, 1.54) is 0 Å². The summed E-state index contributed by atoms with van der Waals surface area (Å²) < 4.78 is 11.9. The molecule has 1 aliphatic carbocycles. The van der Waals surface area contributed by atoms with E-state index in [0.29, 0.717) is 11.6 Å². The van der Waals surface area contributed by atoms with E-state index < -0.39 is 0 Å². The van der Waals surface area contributed by atoms with E-state index in [1.807, 2.05) is 12.3 Å². The van der Waals surface area contributed by atoms with Crippen LogP contribution in [0, 0.1) is 5.92 Å². The zero-order valence-electron chi connectivity index (χ0n) is 24.8. The van der Waals surface area contributed by atoms with Gasteiger partial charge in [-0.3, -0.25) is 4.79 Å². The number of nitrogens with zero attached hydrogens (tertiary/aromatic N) is 1. The third-order valence-corrected chi connectivity index (χ3v) is 8.39. The van der Waals surface area contributed by atoms with Gasteiger partial charge in [0.1, 0.15) is 17.9 Å². The first-order valence-corrected chi connectivity index (χ1v) is 14.5. The van der Waals surface area contributed by atoms with Crippen molar-refractivity contribution in [3.63, 3.8) is 0 Å². The largest absolute Gasteiger partial charge is 0.462 e. The fourth-order valence-electron chi connectivity index (χ4n) is 7.53. The van der Waals surface area contributed by atoms with E-state index in [1.54, 1.807) is 6.07 Å². The Labute approximate surface area is 229 Å². The first-order chi connectivity index (χ1) is 17.5. The molecule has 0 aromatic carbocycles. The van der Waals surface area contributed by atoms with Crippen molar-refractivity contribution < 1.29 is 19.1 Å². The van der Waals surface area contributed by atoms with Gasteiger partial charge in [0.2, 0.25) is 0 Å². The van der Waals surface area contributed by atoms with Crippen molar-refractivity contribution in [1.82, 2.24) is 15.6 Å². The third kappa shape index (κ3) is 7.56. The van der Waals surface area contributed by atoms with E-state index >= 15 is 0 Å². The van der Waals surface area contributed by atoms with Crippen molar-refractivity contribution in [1.29, 1.82) is 0 Å². The van der Waals surface area contributed by atoms with Crippen LogP contribution < -0.4 is 10.6 Å². The molecule has 0 bridgehead atoms. The van der Waals surface area contributed by atoms with Gasteiger partial charge in [0.15, 0.2) is 0 Å². The Hall–Kier alpha value is -1.99. The SMILES string of the molecule is CC1(C)CC(OC(=O)c2ccc(C3CCC(C(=O)OC4CC(C)(C)NC(C)(C)C4)CC3)cn2)CC(C)(C)N1. The minimum Gasteiger partial charge on any atom is -0.462 e. The Morgan fingerprint density at radius 2 is 1.21 bits per heavy atom. The molecule has 0 atom stereocenters. The smallest absolute Gasteiger partial charge is 0.357 e. The molecule has 0 amide bonds. The monoisotopic (exact) mass is 527 g/mol. The molecule has 0 spiro atoms. The number of esters is 2. The molecule has 2 aliphatic heterocycles. The van der Waals surface area contributed by atoms with E-state index in [4.69, 9.17) is 9.47 Å². The standard InChI is InChI=1S/C31H49N3O4/c1-28(2)15-23(16-29(3,4)33-28)37-26(35)21-11-9-20(10-12-21)22-13-14-25(32-19-22)27(36)38-24-17-30(5,6)34-31(7,8)18-24/h13-14,19-21,23-24,33-34H,9-12,15-18H2,1-8H3. The molecule has 212 valence electrons. The van der Waals surface area contributed by atoms with E-state index in [2.05, 4.69) is 71.0 Å². The van der Waals surface area contributed by atoms with Crippen molar-refractivity contribution in [3.05, 3.63) is 29.6 Å². The predicted octanol–water partition coefficient (Wildman–Crippen LogP) is 5.67. The van der Waals surface area contributed by atoms with Gasteiger partial charge in [-0.2, -0.15) is 0 Å². The topological polar surface area (TPSA) is 89.6 Å². The van der Waals surface area contributed by atoms with Crippen molar-refractivity contribution in [2.24, 2.45) is 5.92 Å². The number of ether oxygens (including phenoxy) is 2. The molecule has 7 heteroatoms. The molecule has 1 aromatic heterocycles. The van der Waals surface area contributed by atoms with Crippen LogP contribution in [0.3, 0.4) is 0 Å². The maximum absolute atomic E-state index is 13.0. The molecule has 0 unspecified atom stereocenters. The number of hydrogen-bond acceptors (Lipinski definition) is 7. The Bertz CT molecular complexity index is 974. The number of carbonyl (C=O) groups is 2. The molecule has 1 aromatic rings. The van der Waals surface area contributed by atoms with Gasteiger partial charge in [-0.05, 0) is 98.6 Å². The summed E-state index contributed by atoms with van der Waals surface area (Å²) in [5, 5.41) is 7.26. The van der Waals surface area contributed by atoms with Crippen molar-refractivity contribution in [2.75, 3.05) is 0 Å². The summed E-state index contributed by atoms with van der Waals surface area (Å²) in [6.07, 6.45) is 8.38. The molecule has 0 radical (unpaired) electrons. The summed E-state index contributed by atoms with van der Waals surface area (Å²) in [7, 11) is 0. The van der Waals surface area contributed by atoms with Gasteiger partial charge in [-0.15, -0.1) is 0 Å². The van der Waals surface area contributed by atoms with Crippen LogP contribution in [0.1, 0.15) is 129 Å². The lowest BCUT2D eigenvalue weighted by Gasteiger charge is -2.46. The van der Waals surface area contributed by atoms with Crippen LogP contribution in [0.2, 0.25) is 0 Å². The molecule has 1 saturated carbocycles. The van der Waals surface area contributed by atoms with Crippen LogP contribution in [0.4, 0.5) is 0 Å². The maximum Gasteiger partial charge on any atom is 0.357 e. The number of aromatic nitrogens is 1. The number of hydrogen-bond donors (Lipinski definition) is 2. The summed E-state index contributed by atoms with van der Waals surface area (Å²) in [4.78, 5) is 30.3. The number of piperidine rings is 2. The van der Waals surface area contributed by atoms with E-state index in [-0.39, 0.29) is 52.2 Å². The first kappa shape index (κ1) is 29.0. The maximum atomic E-state index is 13.0. The third-order valence-electron chi connectivity index (χ3n) is 8.39. The lowest BCUT2D eigenvalue weighted by molar-refractivity contribution is -0.159. The van der Waals surface area contributed by atoms with Crippen LogP contribution in [-0.2, 0) is 14.3 Å². The van der Waals surface area contributed by atoms with Gasteiger partial charge in [0, 0.05) is 54.0 Å². The minimum absolute atomic E-state index is 0.0342. The highest BCUT2D eigenvalue weighted by molar-refractivity contribution is 5.87. The zero-order chi connectivity index (χ0) is 27.9. The minimum atomic E-state index is -0.356. The number of rotatable bonds is 5. The second-order valence-corrected chi connectivity index (χ2v) is 14.7. The highest BCUT2D eigenvalue weighted by Crippen LogP contribution is 2.38. The van der Waals surface area contributed by atoms with Crippen molar-refractivity contribution >= 4 is 11.9 Å². The first-order valence-electron chi connectivity index (χ1n) is 14.5. The van der Waals surface area contributed by atoms with Crippen LogP contribution in [0.15, 0.2) is 18.3 Å². The van der Waals surface area contributed by atoms with Gasteiger partial charge in [0.25, 0.3) is 0 Å². The van der Waals surface area contributed by atoms with Gasteiger partial charge in [0.05, 0.1) is 5.92 Å². The molecule has 2 saturated heterocycles. The fraction of sp³-hybridized carbons (Fsp3) is 0.774. The summed E-state index contributed by atoms with van der Waals surface area (Å²) in [5.74, 6) is -0.0827. The Kier molecular flexibility index (Phi) is 8.04. The number of carbonyl (C=O) groups excluding carboxylic acids is 2. The fourth-order valence-corrected chi connectivity index (χ4v) is 7.53. The Morgan fingerprint density at radius 1 is 0.737 bits per heavy atom. The Balaban J connectivity index is 1.27. The van der Waals surface area contributed by atoms with E-state index in [0.717, 1.165) is 56.9 Å². The quantitative estimate of drug-likeness (QED) is 0.477. The van der Waals surface area contributed by atoms with Crippen molar-refractivity contribution in [2.45, 2.75) is 147 Å². The van der Waals surface area contributed by atoms with Crippen molar-refractivity contribution in [3.8, 4) is 0 Å². The highest BCUT2D eigenvalue weighted by atomic mass is 16.5. The average molecular weight is 528 g/mol. The predicted molar refractivity (Wildman–Crippen MR) is 149 cm³/mol. The molecule has 3 heterocycles. The zero-order valence-corrected chi connectivity index (χ0v) is 24.8.